The molecule has 0 aliphatic rings. The maximum atomic E-state index is 13.3. The van der Waals surface area contributed by atoms with Crippen molar-refractivity contribution in [1.82, 2.24) is 5.32 Å². The van der Waals surface area contributed by atoms with Crippen molar-refractivity contribution < 1.29 is 22.4 Å². The van der Waals surface area contributed by atoms with Crippen molar-refractivity contribution in [3.63, 3.8) is 0 Å². The first-order chi connectivity index (χ1) is 16.1. The number of nitrogens with one attached hydrogen (secondary N) is 2. The standard InChI is InChI=1S/C25H26FN3O4S/c1-17(19-9-5-4-6-10-19)27-25(31)22-11-7-8-12-23(22)28-24(30)18(2)29(34(3,32)33)21-15-13-20(26)14-16-21/h4-18H,1-3H3,(H,27,31)(H,28,30)/t17-,18+/m1/s1. The number of sulfonamides is 1. The van der Waals surface area contributed by atoms with Gasteiger partial charge in [0, 0.05) is 0 Å². The highest BCUT2D eigenvalue weighted by molar-refractivity contribution is 7.92. The molecule has 9 heteroatoms. The van der Waals surface area contributed by atoms with Gasteiger partial charge in [0.15, 0.2) is 0 Å². The minimum atomic E-state index is -3.87. The van der Waals surface area contributed by atoms with Crippen LogP contribution in [0.25, 0.3) is 0 Å². The van der Waals surface area contributed by atoms with E-state index in [0.717, 1.165) is 28.3 Å². The zero-order chi connectivity index (χ0) is 24.9. The van der Waals surface area contributed by atoms with E-state index < -0.39 is 33.7 Å². The van der Waals surface area contributed by atoms with Crippen LogP contribution in [0.3, 0.4) is 0 Å². The summed E-state index contributed by atoms with van der Waals surface area (Å²) in [5.74, 6) is -1.57. The third-order valence-electron chi connectivity index (χ3n) is 5.25. The summed E-state index contributed by atoms with van der Waals surface area (Å²) in [6, 6.07) is 19.3. The number of anilines is 2. The number of benzene rings is 3. The van der Waals surface area contributed by atoms with Gasteiger partial charge in [0.05, 0.1) is 29.2 Å². The highest BCUT2D eigenvalue weighted by Crippen LogP contribution is 2.23. The molecule has 2 atom stereocenters. The Balaban J connectivity index is 1.81. The fourth-order valence-electron chi connectivity index (χ4n) is 3.52. The van der Waals surface area contributed by atoms with E-state index in [2.05, 4.69) is 10.6 Å². The van der Waals surface area contributed by atoms with Gasteiger partial charge in [-0.3, -0.25) is 13.9 Å². The third-order valence-corrected chi connectivity index (χ3v) is 6.49. The molecule has 0 aromatic heterocycles. The number of amides is 2. The maximum Gasteiger partial charge on any atom is 0.253 e. The molecule has 34 heavy (non-hydrogen) atoms. The second-order valence-electron chi connectivity index (χ2n) is 7.85. The fourth-order valence-corrected chi connectivity index (χ4v) is 4.70. The van der Waals surface area contributed by atoms with Crippen LogP contribution < -0.4 is 14.9 Å². The molecule has 0 fully saturated rings. The number of nitrogens with zero attached hydrogens (tertiary/aromatic N) is 1. The molecule has 0 saturated heterocycles. The molecule has 0 aliphatic carbocycles. The average molecular weight is 484 g/mol. The van der Waals surface area contributed by atoms with E-state index in [9.17, 15) is 22.4 Å². The van der Waals surface area contributed by atoms with E-state index in [1.807, 2.05) is 37.3 Å². The quantitative estimate of drug-likeness (QED) is 0.504. The van der Waals surface area contributed by atoms with Gasteiger partial charge in [-0.2, -0.15) is 0 Å². The first-order valence-corrected chi connectivity index (χ1v) is 12.4. The summed E-state index contributed by atoms with van der Waals surface area (Å²) in [4.78, 5) is 26.0. The molecule has 178 valence electrons. The number of rotatable bonds is 8. The minimum absolute atomic E-state index is 0.147. The Morgan fingerprint density at radius 2 is 1.47 bits per heavy atom. The molecule has 0 spiro atoms. The lowest BCUT2D eigenvalue weighted by atomic mass is 10.1. The molecular weight excluding hydrogens is 457 g/mol. The lowest BCUT2D eigenvalue weighted by molar-refractivity contribution is -0.116. The molecule has 0 radical (unpaired) electrons. The van der Waals surface area contributed by atoms with E-state index in [1.54, 1.807) is 24.3 Å². The molecule has 0 saturated carbocycles. The first kappa shape index (κ1) is 24.9. The van der Waals surface area contributed by atoms with E-state index in [-0.39, 0.29) is 23.0 Å². The lowest BCUT2D eigenvalue weighted by Gasteiger charge is -2.28. The topological polar surface area (TPSA) is 95.6 Å². The number of para-hydroxylation sites is 1. The van der Waals surface area contributed by atoms with Crippen LogP contribution >= 0.6 is 0 Å². The summed E-state index contributed by atoms with van der Waals surface area (Å²) in [7, 11) is -3.87. The zero-order valence-corrected chi connectivity index (χ0v) is 19.8. The van der Waals surface area contributed by atoms with E-state index in [0.29, 0.717) is 0 Å². The van der Waals surface area contributed by atoms with Gasteiger partial charge >= 0.3 is 0 Å². The molecule has 0 heterocycles. The van der Waals surface area contributed by atoms with Gasteiger partial charge in [-0.25, -0.2) is 12.8 Å². The van der Waals surface area contributed by atoms with Crippen LogP contribution in [0.4, 0.5) is 15.8 Å². The van der Waals surface area contributed by atoms with Gasteiger partial charge < -0.3 is 10.6 Å². The normalized spacial score (nSPS) is 12.9. The Kier molecular flexibility index (Phi) is 7.68. The van der Waals surface area contributed by atoms with Crippen molar-refractivity contribution in [3.8, 4) is 0 Å². The van der Waals surface area contributed by atoms with Crippen molar-refractivity contribution in [2.24, 2.45) is 0 Å². The summed E-state index contributed by atoms with van der Waals surface area (Å²) in [5, 5.41) is 5.56. The van der Waals surface area contributed by atoms with Crippen molar-refractivity contribution in [2.45, 2.75) is 25.9 Å². The summed E-state index contributed by atoms with van der Waals surface area (Å²) < 4.78 is 39.1. The number of halogens is 1. The molecular formula is C25H26FN3O4S. The smallest absolute Gasteiger partial charge is 0.253 e. The van der Waals surface area contributed by atoms with Gasteiger partial charge in [0.25, 0.3) is 5.91 Å². The average Bonchev–Trinajstić information content (AvgIpc) is 2.80. The van der Waals surface area contributed by atoms with Crippen molar-refractivity contribution in [1.29, 1.82) is 0 Å². The Bertz CT molecular complexity index is 1260. The molecule has 3 rings (SSSR count). The number of carbonyl (C=O) groups excluding carboxylic acids is 2. The number of carbonyl (C=O) groups is 2. The van der Waals surface area contributed by atoms with Gasteiger partial charge in [-0.05, 0) is 55.8 Å². The SMILES string of the molecule is C[C@@H](NC(=O)c1ccccc1NC(=O)[C@H](C)N(c1ccc(F)cc1)S(C)(=O)=O)c1ccccc1. The maximum absolute atomic E-state index is 13.3. The molecule has 2 N–H and O–H groups in total. The molecule has 0 aliphatic heterocycles. The zero-order valence-electron chi connectivity index (χ0n) is 19.0. The third kappa shape index (κ3) is 5.99. The van der Waals surface area contributed by atoms with E-state index >= 15 is 0 Å². The second-order valence-corrected chi connectivity index (χ2v) is 9.71. The van der Waals surface area contributed by atoms with Gasteiger partial charge in [-0.1, -0.05) is 42.5 Å². The number of hydrogen-bond donors (Lipinski definition) is 2. The van der Waals surface area contributed by atoms with Gasteiger partial charge in [-0.15, -0.1) is 0 Å². The molecule has 0 unspecified atom stereocenters. The van der Waals surface area contributed by atoms with Crippen molar-refractivity contribution in [3.05, 3.63) is 95.8 Å². The number of hydrogen-bond acceptors (Lipinski definition) is 4. The fraction of sp³-hybridized carbons (Fsp3) is 0.200. The van der Waals surface area contributed by atoms with Crippen molar-refractivity contribution in [2.75, 3.05) is 15.9 Å². The highest BCUT2D eigenvalue weighted by Gasteiger charge is 2.30. The predicted octanol–water partition coefficient (Wildman–Crippen LogP) is 4.11. The summed E-state index contributed by atoms with van der Waals surface area (Å²) in [5.41, 5.74) is 1.55. The van der Waals surface area contributed by atoms with Crippen LogP contribution in [0.15, 0.2) is 78.9 Å². The molecule has 3 aromatic carbocycles. The second kappa shape index (κ2) is 10.5. The van der Waals surface area contributed by atoms with Crippen LogP contribution in [-0.2, 0) is 14.8 Å². The monoisotopic (exact) mass is 483 g/mol. The van der Waals surface area contributed by atoms with Crippen LogP contribution in [0, 0.1) is 5.82 Å². The molecule has 2 amide bonds. The minimum Gasteiger partial charge on any atom is -0.345 e. The predicted molar refractivity (Wildman–Crippen MR) is 131 cm³/mol. The first-order valence-electron chi connectivity index (χ1n) is 10.6. The van der Waals surface area contributed by atoms with Crippen molar-refractivity contribution >= 4 is 33.2 Å². The van der Waals surface area contributed by atoms with Gasteiger partial charge in [0.1, 0.15) is 11.9 Å². The Labute approximate surface area is 198 Å². The summed E-state index contributed by atoms with van der Waals surface area (Å²) in [6.45, 7) is 3.27. The van der Waals surface area contributed by atoms with Crippen LogP contribution in [0.1, 0.15) is 35.8 Å². The Hall–Kier alpha value is -3.72. The van der Waals surface area contributed by atoms with Crippen LogP contribution in [0.5, 0.6) is 0 Å². The molecule has 3 aromatic rings. The van der Waals surface area contributed by atoms with E-state index in [4.69, 9.17) is 0 Å². The van der Waals surface area contributed by atoms with Crippen LogP contribution in [-0.4, -0.2) is 32.5 Å². The molecule has 7 nitrogen and oxygen atoms in total. The van der Waals surface area contributed by atoms with Crippen LogP contribution in [0.2, 0.25) is 0 Å². The van der Waals surface area contributed by atoms with Gasteiger partial charge in [0.2, 0.25) is 15.9 Å². The lowest BCUT2D eigenvalue weighted by Crippen LogP contribution is -2.45. The Morgan fingerprint density at radius 3 is 2.09 bits per heavy atom. The largest absolute Gasteiger partial charge is 0.345 e. The summed E-state index contributed by atoms with van der Waals surface area (Å²) >= 11 is 0. The highest BCUT2D eigenvalue weighted by atomic mass is 32.2. The molecule has 0 bridgehead atoms. The summed E-state index contributed by atoms with van der Waals surface area (Å²) in [6.07, 6.45) is 0.965. The Morgan fingerprint density at radius 1 is 0.882 bits per heavy atom. The van der Waals surface area contributed by atoms with E-state index in [1.165, 1.54) is 19.1 Å².